The topological polar surface area (TPSA) is 64.9 Å². The van der Waals surface area contributed by atoms with E-state index >= 15 is 0 Å². The molecule has 0 saturated heterocycles. The van der Waals surface area contributed by atoms with Gasteiger partial charge in [0.15, 0.2) is 5.82 Å². The molecule has 0 saturated carbocycles. The first-order valence-corrected chi connectivity index (χ1v) is 6.74. The molecule has 6 nitrogen and oxygen atoms in total. The lowest BCUT2D eigenvalue weighted by Gasteiger charge is -2.20. The Morgan fingerprint density at radius 2 is 2.20 bits per heavy atom. The molecule has 1 N–H and O–H groups in total. The van der Waals surface area contributed by atoms with Crippen molar-refractivity contribution < 1.29 is 4.74 Å². The zero-order valence-corrected chi connectivity index (χ0v) is 12.4. The van der Waals surface area contributed by atoms with E-state index in [-0.39, 0.29) is 6.04 Å². The van der Waals surface area contributed by atoms with Gasteiger partial charge in [-0.3, -0.25) is 0 Å². The Kier molecular flexibility index (Phi) is 4.68. The Morgan fingerprint density at radius 1 is 1.40 bits per heavy atom. The van der Waals surface area contributed by atoms with Crippen LogP contribution in [0.1, 0.15) is 29.9 Å². The van der Waals surface area contributed by atoms with Crippen molar-refractivity contribution in [2.75, 3.05) is 13.7 Å². The predicted octanol–water partition coefficient (Wildman–Crippen LogP) is 1.42. The fourth-order valence-electron chi connectivity index (χ4n) is 2.25. The largest absolute Gasteiger partial charge is 0.496 e. The van der Waals surface area contributed by atoms with Crippen LogP contribution in [0.2, 0.25) is 0 Å². The van der Waals surface area contributed by atoms with Gasteiger partial charge in [0, 0.05) is 18.0 Å². The Balaban J connectivity index is 2.30. The molecule has 1 aromatic carbocycles. The second-order valence-corrected chi connectivity index (χ2v) is 4.75. The summed E-state index contributed by atoms with van der Waals surface area (Å²) in [4.78, 5) is 1.48. The molecule has 20 heavy (non-hydrogen) atoms. The summed E-state index contributed by atoms with van der Waals surface area (Å²) < 4.78 is 5.47. The summed E-state index contributed by atoms with van der Waals surface area (Å²) in [6.07, 6.45) is 0.682. The van der Waals surface area contributed by atoms with Crippen LogP contribution in [-0.2, 0) is 13.5 Å². The highest BCUT2D eigenvalue weighted by atomic mass is 16.5. The second-order valence-electron chi connectivity index (χ2n) is 4.75. The summed E-state index contributed by atoms with van der Waals surface area (Å²) in [5, 5.41) is 15.7. The van der Waals surface area contributed by atoms with Crippen LogP contribution in [0.3, 0.4) is 0 Å². The number of nitrogens with one attached hydrogen (secondary N) is 1. The molecule has 0 spiro atoms. The first-order chi connectivity index (χ1) is 9.63. The number of benzene rings is 1. The van der Waals surface area contributed by atoms with Crippen molar-refractivity contribution >= 4 is 0 Å². The summed E-state index contributed by atoms with van der Waals surface area (Å²) in [5.74, 6) is 1.60. The van der Waals surface area contributed by atoms with Gasteiger partial charge < -0.3 is 10.1 Å². The van der Waals surface area contributed by atoms with Crippen molar-refractivity contribution in [3.05, 3.63) is 35.2 Å². The van der Waals surface area contributed by atoms with Crippen LogP contribution in [0.4, 0.5) is 0 Å². The molecule has 2 aromatic rings. The molecular weight excluding hydrogens is 254 g/mol. The number of likely N-dealkylation sites (N-methyl/N-ethyl adjacent to an activating group) is 1. The molecule has 1 unspecified atom stereocenters. The van der Waals surface area contributed by atoms with E-state index in [1.54, 1.807) is 14.2 Å². The van der Waals surface area contributed by atoms with Crippen LogP contribution in [0.25, 0.3) is 0 Å². The maximum absolute atomic E-state index is 5.47. The minimum absolute atomic E-state index is 0.110. The van der Waals surface area contributed by atoms with E-state index < -0.39 is 0 Å². The highest BCUT2D eigenvalue weighted by molar-refractivity contribution is 5.39. The van der Waals surface area contributed by atoms with Gasteiger partial charge in [-0.1, -0.05) is 24.6 Å². The zero-order chi connectivity index (χ0) is 14.5. The summed E-state index contributed by atoms with van der Waals surface area (Å²) in [5.41, 5.74) is 2.33. The lowest BCUT2D eigenvalue weighted by atomic mass is 10.00. The number of methoxy groups -OCH3 is 1. The molecule has 2 rings (SSSR count). The molecule has 1 atom stereocenters. The molecule has 0 amide bonds. The number of rotatable bonds is 6. The number of nitrogens with zero attached hydrogens (tertiary/aromatic N) is 4. The van der Waals surface area contributed by atoms with E-state index in [1.165, 1.54) is 10.4 Å². The van der Waals surface area contributed by atoms with E-state index in [9.17, 15) is 0 Å². The Bertz CT molecular complexity index is 566. The van der Waals surface area contributed by atoms with Gasteiger partial charge in [0.25, 0.3) is 0 Å². The minimum atomic E-state index is 0.110. The summed E-state index contributed by atoms with van der Waals surface area (Å²) >= 11 is 0. The maximum Gasteiger partial charge on any atom is 0.176 e. The molecule has 0 radical (unpaired) electrons. The van der Waals surface area contributed by atoms with Crippen molar-refractivity contribution in [2.45, 2.75) is 26.3 Å². The highest BCUT2D eigenvalue weighted by Gasteiger charge is 2.18. The summed E-state index contributed by atoms with van der Waals surface area (Å²) in [7, 11) is 3.46. The third-order valence-electron chi connectivity index (χ3n) is 3.15. The summed E-state index contributed by atoms with van der Waals surface area (Å²) in [6.45, 7) is 5.02. The molecule has 6 heteroatoms. The van der Waals surface area contributed by atoms with Gasteiger partial charge in [-0.25, -0.2) is 0 Å². The van der Waals surface area contributed by atoms with Crippen LogP contribution < -0.4 is 10.1 Å². The number of aryl methyl sites for hydroxylation is 2. The van der Waals surface area contributed by atoms with Crippen LogP contribution in [0.5, 0.6) is 5.75 Å². The fourth-order valence-corrected chi connectivity index (χ4v) is 2.25. The smallest absolute Gasteiger partial charge is 0.176 e. The average Bonchev–Trinajstić information content (AvgIpc) is 2.84. The van der Waals surface area contributed by atoms with Gasteiger partial charge in [-0.15, -0.1) is 10.2 Å². The van der Waals surface area contributed by atoms with Gasteiger partial charge in [0.05, 0.1) is 14.2 Å². The number of hydrogen-bond donors (Lipinski definition) is 1. The van der Waals surface area contributed by atoms with Crippen molar-refractivity contribution in [1.82, 2.24) is 25.5 Å². The predicted molar refractivity (Wildman–Crippen MR) is 76.7 cm³/mol. The zero-order valence-electron chi connectivity index (χ0n) is 12.4. The van der Waals surface area contributed by atoms with E-state index in [4.69, 9.17) is 4.74 Å². The molecule has 108 valence electrons. The first kappa shape index (κ1) is 14.5. The molecule has 1 heterocycles. The van der Waals surface area contributed by atoms with Crippen molar-refractivity contribution in [2.24, 2.45) is 7.05 Å². The van der Waals surface area contributed by atoms with E-state index in [2.05, 4.69) is 40.6 Å². The number of aromatic nitrogens is 4. The van der Waals surface area contributed by atoms with E-state index in [0.717, 1.165) is 23.7 Å². The quantitative estimate of drug-likeness (QED) is 0.863. The van der Waals surface area contributed by atoms with E-state index in [1.807, 2.05) is 12.1 Å². The third-order valence-corrected chi connectivity index (χ3v) is 3.15. The Hall–Kier alpha value is -1.95. The van der Waals surface area contributed by atoms with E-state index in [0.29, 0.717) is 6.42 Å². The van der Waals surface area contributed by atoms with Crippen molar-refractivity contribution in [1.29, 1.82) is 0 Å². The normalized spacial score (nSPS) is 12.4. The van der Waals surface area contributed by atoms with Crippen LogP contribution in [-0.4, -0.2) is 33.9 Å². The monoisotopic (exact) mass is 275 g/mol. The minimum Gasteiger partial charge on any atom is -0.496 e. The number of ether oxygens (including phenoxy) is 1. The summed E-state index contributed by atoms with van der Waals surface area (Å²) in [6, 6.07) is 6.30. The molecule has 0 aliphatic rings. The lowest BCUT2D eigenvalue weighted by Crippen LogP contribution is -2.24. The number of tetrazole rings is 1. The van der Waals surface area contributed by atoms with Crippen LogP contribution in [0.15, 0.2) is 18.2 Å². The molecule has 0 aliphatic carbocycles. The average molecular weight is 275 g/mol. The van der Waals surface area contributed by atoms with Gasteiger partial charge in [0.1, 0.15) is 5.75 Å². The molecule has 0 bridgehead atoms. The Morgan fingerprint density at radius 3 is 2.80 bits per heavy atom. The van der Waals surface area contributed by atoms with Gasteiger partial charge in [-0.05, 0) is 24.7 Å². The third kappa shape index (κ3) is 3.33. The van der Waals surface area contributed by atoms with Crippen LogP contribution >= 0.6 is 0 Å². The van der Waals surface area contributed by atoms with Gasteiger partial charge >= 0.3 is 0 Å². The first-order valence-electron chi connectivity index (χ1n) is 6.74. The maximum atomic E-state index is 5.47. The van der Waals surface area contributed by atoms with Crippen molar-refractivity contribution in [3.8, 4) is 5.75 Å². The fraction of sp³-hybridized carbons (Fsp3) is 0.500. The lowest BCUT2D eigenvalue weighted by molar-refractivity contribution is 0.398. The van der Waals surface area contributed by atoms with Gasteiger partial charge in [-0.2, -0.15) is 4.80 Å². The highest BCUT2D eigenvalue weighted by Crippen LogP contribution is 2.28. The SMILES string of the molecule is CCNC(Cc1nnn(C)n1)c1cc(C)ccc1OC. The Labute approximate surface area is 119 Å². The number of hydrogen-bond acceptors (Lipinski definition) is 5. The molecular formula is C14H21N5O. The standard InChI is InChI=1S/C14H21N5O/c1-5-15-12(9-14-16-18-19(3)17-14)11-8-10(2)6-7-13(11)20-4/h6-8,12,15H,5,9H2,1-4H3. The van der Waals surface area contributed by atoms with Crippen LogP contribution in [0, 0.1) is 6.92 Å². The molecule has 0 fully saturated rings. The van der Waals surface area contributed by atoms with Gasteiger partial charge in [0.2, 0.25) is 0 Å². The molecule has 1 aromatic heterocycles. The second kappa shape index (κ2) is 6.47. The molecule has 0 aliphatic heterocycles. The van der Waals surface area contributed by atoms with Crippen molar-refractivity contribution in [3.63, 3.8) is 0 Å².